The molecule has 2 rings (SSSR count). The summed E-state index contributed by atoms with van der Waals surface area (Å²) in [4.78, 5) is 4.57. The van der Waals surface area contributed by atoms with Crippen molar-refractivity contribution < 1.29 is 9.47 Å². The van der Waals surface area contributed by atoms with E-state index >= 15 is 0 Å². The zero-order valence-corrected chi connectivity index (χ0v) is 11.7. The first-order chi connectivity index (χ1) is 9.12. The zero-order valence-electron chi connectivity index (χ0n) is 11.7. The Morgan fingerprint density at radius 1 is 1.21 bits per heavy atom. The van der Waals surface area contributed by atoms with Gasteiger partial charge in [0.25, 0.3) is 0 Å². The summed E-state index contributed by atoms with van der Waals surface area (Å²) in [5.41, 5.74) is 8.68. The molecule has 0 saturated carbocycles. The average Bonchev–Trinajstić information content (AvgIpc) is 2.73. The van der Waals surface area contributed by atoms with Crippen LogP contribution >= 0.6 is 0 Å². The molecule has 0 aliphatic heterocycles. The Morgan fingerprint density at radius 3 is 2.47 bits per heavy atom. The average molecular weight is 261 g/mol. The molecule has 0 fully saturated rings. The number of ether oxygens (including phenoxy) is 2. The minimum absolute atomic E-state index is 0.445. The monoisotopic (exact) mass is 261 g/mol. The molecule has 0 saturated heterocycles. The standard InChI is InChI=1S/C14H19N3O2/c1-9-16-14(11(8-15)17(9)2)10-5-6-12(18-3)13(7-10)19-4/h5-7H,8,15H2,1-4H3. The second kappa shape index (κ2) is 5.32. The second-order valence-corrected chi connectivity index (χ2v) is 4.29. The lowest BCUT2D eigenvalue weighted by atomic mass is 10.1. The van der Waals surface area contributed by atoms with Gasteiger partial charge in [-0.1, -0.05) is 0 Å². The van der Waals surface area contributed by atoms with Gasteiger partial charge in [0.15, 0.2) is 11.5 Å². The normalized spacial score (nSPS) is 10.6. The third-order valence-electron chi connectivity index (χ3n) is 3.29. The van der Waals surface area contributed by atoms with Gasteiger partial charge < -0.3 is 19.8 Å². The summed E-state index contributed by atoms with van der Waals surface area (Å²) in [6.07, 6.45) is 0. The van der Waals surface area contributed by atoms with E-state index < -0.39 is 0 Å². The number of rotatable bonds is 4. The molecular formula is C14H19N3O2. The third kappa shape index (κ3) is 2.29. The zero-order chi connectivity index (χ0) is 14.0. The molecule has 0 aliphatic rings. The van der Waals surface area contributed by atoms with Gasteiger partial charge in [0, 0.05) is 19.2 Å². The molecule has 0 amide bonds. The van der Waals surface area contributed by atoms with Gasteiger partial charge in [-0.05, 0) is 25.1 Å². The van der Waals surface area contributed by atoms with Gasteiger partial charge in [0.1, 0.15) is 5.82 Å². The highest BCUT2D eigenvalue weighted by molar-refractivity contribution is 5.66. The van der Waals surface area contributed by atoms with E-state index in [0.717, 1.165) is 22.8 Å². The Kier molecular flexibility index (Phi) is 3.76. The Morgan fingerprint density at radius 2 is 1.89 bits per heavy atom. The van der Waals surface area contributed by atoms with Crippen molar-refractivity contribution in [1.29, 1.82) is 0 Å². The predicted octanol–water partition coefficient (Wildman–Crippen LogP) is 1.87. The number of aromatic nitrogens is 2. The molecule has 2 aromatic rings. The molecule has 0 radical (unpaired) electrons. The summed E-state index contributed by atoms with van der Waals surface area (Å²) in [5.74, 6) is 2.32. The van der Waals surface area contributed by atoms with Crippen LogP contribution < -0.4 is 15.2 Å². The minimum Gasteiger partial charge on any atom is -0.493 e. The molecule has 2 N–H and O–H groups in total. The Hall–Kier alpha value is -2.01. The number of methoxy groups -OCH3 is 2. The second-order valence-electron chi connectivity index (χ2n) is 4.29. The summed E-state index contributed by atoms with van der Waals surface area (Å²) in [7, 11) is 5.21. The quantitative estimate of drug-likeness (QED) is 0.912. The predicted molar refractivity (Wildman–Crippen MR) is 74.4 cm³/mol. The van der Waals surface area contributed by atoms with Crippen molar-refractivity contribution in [2.45, 2.75) is 13.5 Å². The van der Waals surface area contributed by atoms with Crippen LogP contribution in [0, 0.1) is 6.92 Å². The minimum atomic E-state index is 0.445. The lowest BCUT2D eigenvalue weighted by Gasteiger charge is -2.09. The molecule has 0 unspecified atom stereocenters. The Balaban J connectivity index is 2.56. The SMILES string of the molecule is COc1ccc(-c2nc(C)n(C)c2CN)cc1OC. The first-order valence-electron chi connectivity index (χ1n) is 6.07. The van der Waals surface area contributed by atoms with E-state index in [1.54, 1.807) is 14.2 Å². The summed E-state index contributed by atoms with van der Waals surface area (Å²) < 4.78 is 12.6. The Labute approximate surface area is 113 Å². The molecule has 0 spiro atoms. The molecule has 0 bridgehead atoms. The summed E-state index contributed by atoms with van der Waals surface area (Å²) >= 11 is 0. The fourth-order valence-corrected chi connectivity index (χ4v) is 2.10. The molecule has 5 nitrogen and oxygen atoms in total. The third-order valence-corrected chi connectivity index (χ3v) is 3.29. The number of nitrogens with two attached hydrogens (primary N) is 1. The van der Waals surface area contributed by atoms with Crippen LogP contribution in [-0.4, -0.2) is 23.8 Å². The maximum Gasteiger partial charge on any atom is 0.161 e. The van der Waals surface area contributed by atoms with Crippen molar-refractivity contribution >= 4 is 0 Å². The number of hydrogen-bond donors (Lipinski definition) is 1. The van der Waals surface area contributed by atoms with Crippen molar-refractivity contribution in [1.82, 2.24) is 9.55 Å². The molecule has 1 aromatic carbocycles. The van der Waals surface area contributed by atoms with E-state index in [0.29, 0.717) is 18.0 Å². The number of imidazole rings is 1. The summed E-state index contributed by atoms with van der Waals surface area (Å²) in [6, 6.07) is 5.75. The largest absolute Gasteiger partial charge is 0.493 e. The van der Waals surface area contributed by atoms with Crippen LogP contribution in [0.5, 0.6) is 11.5 Å². The van der Waals surface area contributed by atoms with E-state index in [1.807, 2.05) is 36.7 Å². The molecular weight excluding hydrogens is 242 g/mol. The van der Waals surface area contributed by atoms with Gasteiger partial charge in [0.2, 0.25) is 0 Å². The number of aryl methyl sites for hydroxylation is 1. The lowest BCUT2D eigenvalue weighted by molar-refractivity contribution is 0.355. The first kappa shape index (κ1) is 13.4. The van der Waals surface area contributed by atoms with Crippen LogP contribution in [0.3, 0.4) is 0 Å². The topological polar surface area (TPSA) is 62.3 Å². The van der Waals surface area contributed by atoms with Crippen LogP contribution in [-0.2, 0) is 13.6 Å². The van der Waals surface area contributed by atoms with Crippen molar-refractivity contribution in [2.24, 2.45) is 12.8 Å². The molecule has 0 atom stereocenters. The Bertz CT molecular complexity index is 591. The van der Waals surface area contributed by atoms with E-state index in [9.17, 15) is 0 Å². The van der Waals surface area contributed by atoms with Crippen LogP contribution in [0.4, 0.5) is 0 Å². The van der Waals surface area contributed by atoms with Crippen LogP contribution in [0.15, 0.2) is 18.2 Å². The fraction of sp³-hybridized carbons (Fsp3) is 0.357. The van der Waals surface area contributed by atoms with E-state index in [4.69, 9.17) is 15.2 Å². The first-order valence-corrected chi connectivity index (χ1v) is 6.07. The van der Waals surface area contributed by atoms with Gasteiger partial charge in [-0.15, -0.1) is 0 Å². The number of benzene rings is 1. The van der Waals surface area contributed by atoms with Gasteiger partial charge in [-0.25, -0.2) is 4.98 Å². The van der Waals surface area contributed by atoms with E-state index in [-0.39, 0.29) is 0 Å². The number of nitrogens with zero attached hydrogens (tertiary/aromatic N) is 2. The smallest absolute Gasteiger partial charge is 0.161 e. The molecule has 102 valence electrons. The molecule has 19 heavy (non-hydrogen) atoms. The van der Waals surface area contributed by atoms with Gasteiger partial charge in [-0.2, -0.15) is 0 Å². The number of hydrogen-bond acceptors (Lipinski definition) is 4. The van der Waals surface area contributed by atoms with Crippen molar-refractivity contribution in [3.05, 3.63) is 29.7 Å². The highest BCUT2D eigenvalue weighted by Crippen LogP contribution is 2.33. The summed E-state index contributed by atoms with van der Waals surface area (Å²) in [5, 5.41) is 0. The molecule has 5 heteroatoms. The van der Waals surface area contributed by atoms with Crippen LogP contribution in [0.1, 0.15) is 11.5 Å². The van der Waals surface area contributed by atoms with Gasteiger partial charge >= 0.3 is 0 Å². The van der Waals surface area contributed by atoms with E-state index in [1.165, 1.54) is 0 Å². The molecule has 0 aliphatic carbocycles. The summed E-state index contributed by atoms with van der Waals surface area (Å²) in [6.45, 7) is 2.41. The molecule has 1 aromatic heterocycles. The maximum atomic E-state index is 5.81. The maximum absolute atomic E-state index is 5.81. The van der Waals surface area contributed by atoms with Gasteiger partial charge in [-0.3, -0.25) is 0 Å². The fourth-order valence-electron chi connectivity index (χ4n) is 2.10. The molecule has 1 heterocycles. The highest BCUT2D eigenvalue weighted by atomic mass is 16.5. The van der Waals surface area contributed by atoms with Crippen molar-refractivity contribution in [3.8, 4) is 22.8 Å². The van der Waals surface area contributed by atoms with Crippen LogP contribution in [0.25, 0.3) is 11.3 Å². The van der Waals surface area contributed by atoms with E-state index in [2.05, 4.69) is 4.98 Å². The lowest BCUT2D eigenvalue weighted by Crippen LogP contribution is -2.05. The van der Waals surface area contributed by atoms with Crippen molar-refractivity contribution in [3.63, 3.8) is 0 Å². The van der Waals surface area contributed by atoms with Gasteiger partial charge in [0.05, 0.1) is 25.6 Å². The highest BCUT2D eigenvalue weighted by Gasteiger charge is 2.14. The van der Waals surface area contributed by atoms with Crippen molar-refractivity contribution in [2.75, 3.05) is 14.2 Å². The van der Waals surface area contributed by atoms with Crippen LogP contribution in [0.2, 0.25) is 0 Å².